The summed E-state index contributed by atoms with van der Waals surface area (Å²) in [7, 11) is 0.344. The van der Waals surface area contributed by atoms with E-state index in [1.807, 2.05) is 54.9 Å². The monoisotopic (exact) mass is 622 g/mol. The molecule has 2 nitrogen and oxygen atoms in total. The van der Waals surface area contributed by atoms with Gasteiger partial charge in [0.1, 0.15) is 0 Å². The van der Waals surface area contributed by atoms with Gasteiger partial charge in [-0.2, -0.15) is 11.6 Å². The average Bonchev–Trinajstić information content (AvgIpc) is 3.66. The summed E-state index contributed by atoms with van der Waals surface area (Å²) in [5.74, 6) is 2.98. The van der Waals surface area contributed by atoms with Gasteiger partial charge in [-0.3, -0.25) is 9.97 Å². The average molecular weight is 623 g/mol. The van der Waals surface area contributed by atoms with Crippen molar-refractivity contribution in [2.45, 2.75) is 76.3 Å². The van der Waals surface area contributed by atoms with Gasteiger partial charge in [0, 0.05) is 29.5 Å². The first kappa shape index (κ1) is 30.8. The van der Waals surface area contributed by atoms with Crippen LogP contribution in [0.5, 0.6) is 0 Å². The molecule has 2 unspecified atom stereocenters. The van der Waals surface area contributed by atoms with Crippen LogP contribution in [-0.4, -0.2) is 15.1 Å². The van der Waals surface area contributed by atoms with Gasteiger partial charge < -0.3 is 30.3 Å². The molecule has 0 saturated heterocycles. The van der Waals surface area contributed by atoms with Gasteiger partial charge in [0.2, 0.25) is 0 Å². The van der Waals surface area contributed by atoms with Gasteiger partial charge in [-0.05, 0) is 111 Å². The molecule has 2 atom stereocenters. The van der Waals surface area contributed by atoms with Crippen LogP contribution < -0.4 is 10.9 Å². The quantitative estimate of drug-likeness (QED) is 0.117. The number of nitrogens with zero attached hydrogens (tertiary/aromatic N) is 2. The molecular formula is C36H44FeN2P2-6. The van der Waals surface area contributed by atoms with E-state index >= 15 is 0 Å². The van der Waals surface area contributed by atoms with Crippen LogP contribution in [0.4, 0.5) is 0 Å². The van der Waals surface area contributed by atoms with Crippen molar-refractivity contribution in [1.82, 2.24) is 9.97 Å². The fourth-order valence-electron chi connectivity index (χ4n) is 8.22. The molecule has 41 heavy (non-hydrogen) atoms. The number of pyridine rings is 2. The first-order valence-electron chi connectivity index (χ1n) is 15.2. The molecule has 2 aromatic heterocycles. The van der Waals surface area contributed by atoms with Gasteiger partial charge in [-0.25, -0.2) is 12.1 Å². The summed E-state index contributed by atoms with van der Waals surface area (Å²) in [6.07, 6.45) is 13.9. The van der Waals surface area contributed by atoms with Crippen molar-refractivity contribution in [1.29, 1.82) is 0 Å². The zero-order valence-electron chi connectivity index (χ0n) is 24.7. The molecule has 4 bridgehead atoms. The standard InChI is InChI=1S/C31H39N2P2.C5H5.Fe/c1-30(2,3)34-29(31-18-22-15-23(19-31)17-24(16-22)20-31)26-10-8-9-25(26)21-35(27-11-4-6-13-32-27)28-12-5-7-14-33-28;1-2-4-5-3-1;/h4-14,22-24,29,34H,15-21H2,1-3H3;1-5H;/q-1;-5;. The number of aromatic nitrogens is 2. The van der Waals surface area contributed by atoms with Gasteiger partial charge in [0.25, 0.3) is 0 Å². The Kier molecular flexibility index (Phi) is 10.0. The Morgan fingerprint density at radius 3 is 1.78 bits per heavy atom. The smallest absolute Gasteiger partial charge is 0.0694 e. The predicted octanol–water partition coefficient (Wildman–Crippen LogP) is 8.97. The Morgan fingerprint density at radius 2 is 1.34 bits per heavy atom. The van der Waals surface area contributed by atoms with Crippen molar-refractivity contribution in [3.8, 4) is 0 Å². The molecule has 222 valence electrons. The van der Waals surface area contributed by atoms with Crippen LogP contribution in [0.15, 0.2) is 97.3 Å². The van der Waals surface area contributed by atoms with E-state index in [1.54, 1.807) is 11.1 Å². The molecule has 4 fully saturated rings. The van der Waals surface area contributed by atoms with E-state index in [0.29, 0.717) is 16.2 Å². The van der Waals surface area contributed by atoms with Crippen LogP contribution >= 0.6 is 16.5 Å². The molecule has 0 spiro atoms. The SMILES string of the molecule is CC(C)(C)PC([c-]1cccc1CP(c1ccccn1)c1ccccn1)C12CC3CC(CC(C3)C1)C2.[Fe].[cH-]1[cH-][cH-][cH-][cH-]1. The fraction of sp³-hybridized carbons (Fsp3) is 0.444. The number of hydrogen-bond acceptors (Lipinski definition) is 2. The van der Waals surface area contributed by atoms with Gasteiger partial charge >= 0.3 is 0 Å². The Morgan fingerprint density at radius 1 is 0.829 bits per heavy atom. The number of hydrogen-bond donors (Lipinski definition) is 0. The van der Waals surface area contributed by atoms with Crippen molar-refractivity contribution < 1.29 is 17.1 Å². The maximum absolute atomic E-state index is 4.81. The van der Waals surface area contributed by atoms with Gasteiger partial charge in [-0.1, -0.05) is 32.9 Å². The van der Waals surface area contributed by atoms with Gasteiger partial charge in [0.05, 0.1) is 10.9 Å². The molecule has 8 rings (SSSR count). The molecule has 2 heterocycles. The Hall–Kier alpha value is -1.62. The van der Waals surface area contributed by atoms with E-state index in [2.05, 4.69) is 63.2 Å². The van der Waals surface area contributed by atoms with E-state index in [0.717, 1.165) is 32.5 Å². The molecular weight excluding hydrogens is 578 g/mol. The van der Waals surface area contributed by atoms with Crippen molar-refractivity contribution in [3.05, 3.63) is 108 Å². The zero-order chi connectivity index (χ0) is 27.6. The molecule has 2 aromatic carbocycles. The third-order valence-corrected chi connectivity index (χ3v) is 13.6. The van der Waals surface area contributed by atoms with E-state index in [9.17, 15) is 0 Å². The summed E-state index contributed by atoms with van der Waals surface area (Å²) in [5.41, 5.74) is 6.84. The summed E-state index contributed by atoms with van der Waals surface area (Å²) in [6, 6.07) is 30.0. The molecule has 0 amide bonds. The van der Waals surface area contributed by atoms with Crippen molar-refractivity contribution in [2.75, 3.05) is 0 Å². The second kappa shape index (κ2) is 13.3. The predicted molar refractivity (Wildman–Crippen MR) is 174 cm³/mol. The second-order valence-corrected chi connectivity index (χ2v) is 18.0. The third-order valence-electron chi connectivity index (χ3n) is 9.27. The van der Waals surface area contributed by atoms with Crippen molar-refractivity contribution >= 4 is 27.4 Å². The first-order chi connectivity index (χ1) is 19.4. The fourth-order valence-corrected chi connectivity index (χ4v) is 12.3. The Balaban J connectivity index is 0.000000510. The number of rotatable bonds is 7. The van der Waals surface area contributed by atoms with Gasteiger partial charge in [-0.15, -0.1) is 14.1 Å². The van der Waals surface area contributed by atoms with Crippen molar-refractivity contribution in [2.24, 2.45) is 23.2 Å². The molecule has 4 saturated carbocycles. The summed E-state index contributed by atoms with van der Waals surface area (Å²) in [6.45, 7) is 7.41. The van der Waals surface area contributed by atoms with E-state index in [1.165, 1.54) is 49.4 Å². The second-order valence-electron chi connectivity index (χ2n) is 13.5. The minimum Gasteiger partial charge on any atom is -0.748 e. The summed E-state index contributed by atoms with van der Waals surface area (Å²) in [5, 5.41) is 0.356. The van der Waals surface area contributed by atoms with Crippen LogP contribution in [0.3, 0.4) is 0 Å². The van der Waals surface area contributed by atoms with Crippen LogP contribution in [-0.2, 0) is 23.2 Å². The molecule has 4 aliphatic carbocycles. The minimum atomic E-state index is -0.628. The van der Waals surface area contributed by atoms with Crippen LogP contribution in [0.2, 0.25) is 0 Å². The van der Waals surface area contributed by atoms with Crippen LogP contribution in [0.25, 0.3) is 0 Å². The normalized spacial score (nSPS) is 25.6. The summed E-state index contributed by atoms with van der Waals surface area (Å²) < 4.78 is 0. The van der Waals surface area contributed by atoms with Crippen LogP contribution in [0.1, 0.15) is 76.1 Å². The molecule has 0 aliphatic heterocycles. The Bertz CT molecular complexity index is 1230. The maximum Gasteiger partial charge on any atom is 0.0694 e. The van der Waals surface area contributed by atoms with Crippen molar-refractivity contribution in [3.63, 3.8) is 0 Å². The molecule has 0 N–H and O–H groups in total. The summed E-state index contributed by atoms with van der Waals surface area (Å²) >= 11 is 0. The zero-order valence-corrected chi connectivity index (χ0v) is 27.7. The van der Waals surface area contributed by atoms with E-state index in [4.69, 9.17) is 9.97 Å². The third kappa shape index (κ3) is 7.31. The summed E-state index contributed by atoms with van der Waals surface area (Å²) in [4.78, 5) is 9.63. The molecule has 4 aromatic rings. The largest absolute Gasteiger partial charge is 0.748 e. The Labute approximate surface area is 261 Å². The molecule has 0 radical (unpaired) electrons. The topological polar surface area (TPSA) is 25.8 Å². The molecule has 5 heteroatoms. The van der Waals surface area contributed by atoms with E-state index in [-0.39, 0.29) is 17.1 Å². The minimum absolute atomic E-state index is 0. The maximum atomic E-state index is 4.81. The van der Waals surface area contributed by atoms with Gasteiger partial charge in [0.15, 0.2) is 0 Å². The van der Waals surface area contributed by atoms with E-state index < -0.39 is 7.92 Å². The first-order valence-corrected chi connectivity index (χ1v) is 17.8. The molecule has 4 aliphatic rings. The van der Waals surface area contributed by atoms with Crippen LogP contribution in [0, 0.1) is 23.2 Å².